The van der Waals surface area contributed by atoms with E-state index in [9.17, 15) is 4.79 Å². The zero-order chi connectivity index (χ0) is 16.1. The second kappa shape index (κ2) is 5.30. The zero-order valence-corrected chi connectivity index (χ0v) is 14.3. The SMILES string of the molecule is C[NH+]1CCc2nc3sc(C(N)=O)c(N)c3c(-c3cccs3)c2C1. The number of rotatable bonds is 2. The van der Waals surface area contributed by atoms with Crippen molar-refractivity contribution >= 4 is 44.5 Å². The number of likely N-dealkylation sites (N-methyl/N-ethyl adjacent to an activating group) is 1. The summed E-state index contributed by atoms with van der Waals surface area (Å²) >= 11 is 2.99. The number of nitrogens with one attached hydrogen (secondary N) is 1. The number of anilines is 1. The normalized spacial score (nSPS) is 17.3. The van der Waals surface area contributed by atoms with Crippen LogP contribution in [0.15, 0.2) is 17.5 Å². The van der Waals surface area contributed by atoms with Crippen molar-refractivity contribution in [1.29, 1.82) is 0 Å². The van der Waals surface area contributed by atoms with Gasteiger partial charge in [0, 0.05) is 27.8 Å². The second-order valence-electron chi connectivity index (χ2n) is 5.91. The summed E-state index contributed by atoms with van der Waals surface area (Å²) < 4.78 is 0. The molecule has 5 N–H and O–H groups in total. The molecule has 0 saturated heterocycles. The standard InChI is InChI=1S/C16H16N4OS2/c1-20-5-4-9-8(7-20)11(10-3-2-6-22-10)12-13(17)14(15(18)21)23-16(12)19-9/h2-3,6H,4-5,7,17H2,1H3,(H2,18,21)/p+1. The number of aromatic nitrogens is 1. The molecule has 0 saturated carbocycles. The summed E-state index contributed by atoms with van der Waals surface area (Å²) in [5.41, 5.74) is 15.8. The summed E-state index contributed by atoms with van der Waals surface area (Å²) in [5.74, 6) is -0.483. The maximum Gasteiger partial charge on any atom is 0.260 e. The predicted molar refractivity (Wildman–Crippen MR) is 95.0 cm³/mol. The summed E-state index contributed by atoms with van der Waals surface area (Å²) in [4.78, 5) is 20.3. The van der Waals surface area contributed by atoms with Gasteiger partial charge in [0.25, 0.3) is 5.91 Å². The number of amides is 1. The number of thiophene rings is 2. The maximum absolute atomic E-state index is 11.7. The fourth-order valence-corrected chi connectivity index (χ4v) is 5.01. The number of primary amides is 1. The molecule has 0 bridgehead atoms. The summed E-state index contributed by atoms with van der Waals surface area (Å²) in [6, 6.07) is 4.14. The van der Waals surface area contributed by atoms with Gasteiger partial charge < -0.3 is 16.4 Å². The Bertz CT molecular complexity index is 914. The Morgan fingerprint density at radius 3 is 2.96 bits per heavy atom. The minimum Gasteiger partial charge on any atom is -0.397 e. The number of pyridine rings is 1. The van der Waals surface area contributed by atoms with Gasteiger partial charge in [0.05, 0.1) is 25.0 Å². The van der Waals surface area contributed by atoms with Crippen LogP contribution in [0.4, 0.5) is 5.69 Å². The van der Waals surface area contributed by atoms with E-state index in [4.69, 9.17) is 16.5 Å². The average Bonchev–Trinajstić information content (AvgIpc) is 3.14. The van der Waals surface area contributed by atoms with Gasteiger partial charge in [-0.1, -0.05) is 6.07 Å². The van der Waals surface area contributed by atoms with Crippen LogP contribution in [0.2, 0.25) is 0 Å². The van der Waals surface area contributed by atoms with Crippen LogP contribution in [-0.4, -0.2) is 24.5 Å². The number of carbonyl (C=O) groups is 1. The number of quaternary nitrogens is 1. The van der Waals surface area contributed by atoms with E-state index in [0.29, 0.717) is 10.6 Å². The molecule has 7 heteroatoms. The van der Waals surface area contributed by atoms with Crippen molar-refractivity contribution in [2.45, 2.75) is 13.0 Å². The first-order chi connectivity index (χ1) is 11.1. The molecule has 0 aromatic carbocycles. The maximum atomic E-state index is 11.7. The second-order valence-corrected chi connectivity index (χ2v) is 7.86. The van der Waals surface area contributed by atoms with Crippen LogP contribution in [0.25, 0.3) is 20.7 Å². The highest BCUT2D eigenvalue weighted by Gasteiger charge is 2.28. The zero-order valence-electron chi connectivity index (χ0n) is 12.7. The van der Waals surface area contributed by atoms with Crippen molar-refractivity contribution in [1.82, 2.24) is 4.98 Å². The summed E-state index contributed by atoms with van der Waals surface area (Å²) in [6.07, 6.45) is 0.944. The third-order valence-electron chi connectivity index (χ3n) is 4.32. The van der Waals surface area contributed by atoms with Crippen molar-refractivity contribution in [2.75, 3.05) is 19.3 Å². The van der Waals surface area contributed by atoms with Crippen molar-refractivity contribution in [3.63, 3.8) is 0 Å². The molecule has 1 atom stereocenters. The van der Waals surface area contributed by atoms with Crippen molar-refractivity contribution in [2.24, 2.45) is 5.73 Å². The molecule has 0 radical (unpaired) electrons. The Morgan fingerprint density at radius 1 is 1.43 bits per heavy atom. The van der Waals surface area contributed by atoms with Gasteiger partial charge in [-0.05, 0) is 11.4 Å². The largest absolute Gasteiger partial charge is 0.397 e. The number of carbonyl (C=O) groups excluding carboxylic acids is 1. The number of hydrogen-bond donors (Lipinski definition) is 3. The Kier molecular flexibility index (Phi) is 3.37. The molecule has 3 aromatic heterocycles. The van der Waals surface area contributed by atoms with E-state index in [2.05, 4.69) is 18.5 Å². The quantitative estimate of drug-likeness (QED) is 0.654. The van der Waals surface area contributed by atoms with Gasteiger partial charge in [-0.3, -0.25) is 4.79 Å². The monoisotopic (exact) mass is 345 g/mol. The number of fused-ring (bicyclic) bond motifs is 2. The Balaban J connectivity index is 2.12. The van der Waals surface area contributed by atoms with E-state index >= 15 is 0 Å². The first-order valence-electron chi connectivity index (χ1n) is 7.45. The molecule has 23 heavy (non-hydrogen) atoms. The molecule has 0 aliphatic carbocycles. The fourth-order valence-electron chi connectivity index (χ4n) is 3.23. The molecule has 1 aliphatic rings. The molecule has 1 amide bonds. The number of hydrogen-bond acceptors (Lipinski definition) is 5. The summed E-state index contributed by atoms with van der Waals surface area (Å²) in [5, 5.41) is 2.95. The van der Waals surface area contributed by atoms with E-state index < -0.39 is 5.91 Å². The molecule has 4 heterocycles. The van der Waals surface area contributed by atoms with Crippen LogP contribution in [-0.2, 0) is 13.0 Å². The first kappa shape index (κ1) is 14.6. The highest BCUT2D eigenvalue weighted by Crippen LogP contribution is 2.43. The number of nitrogens with two attached hydrogens (primary N) is 2. The number of nitrogens with zero attached hydrogens (tertiary/aromatic N) is 1. The molecule has 118 valence electrons. The van der Waals surface area contributed by atoms with Crippen molar-refractivity contribution in [3.8, 4) is 10.4 Å². The molecule has 0 fully saturated rings. The van der Waals surface area contributed by atoms with E-state index in [0.717, 1.165) is 41.0 Å². The van der Waals surface area contributed by atoms with Gasteiger partial charge >= 0.3 is 0 Å². The lowest BCUT2D eigenvalue weighted by molar-refractivity contribution is -0.895. The highest BCUT2D eigenvalue weighted by atomic mass is 32.1. The van der Waals surface area contributed by atoms with Crippen LogP contribution in [0.1, 0.15) is 20.9 Å². The van der Waals surface area contributed by atoms with Crippen LogP contribution in [0.5, 0.6) is 0 Å². The van der Waals surface area contributed by atoms with Crippen LogP contribution in [0.3, 0.4) is 0 Å². The van der Waals surface area contributed by atoms with E-state index in [1.807, 2.05) is 6.07 Å². The molecule has 1 unspecified atom stereocenters. The number of nitrogen functional groups attached to an aromatic ring is 1. The topological polar surface area (TPSA) is 86.4 Å². The van der Waals surface area contributed by atoms with E-state index in [-0.39, 0.29) is 0 Å². The third-order valence-corrected chi connectivity index (χ3v) is 6.32. The van der Waals surface area contributed by atoms with Crippen molar-refractivity contribution in [3.05, 3.63) is 33.6 Å². The van der Waals surface area contributed by atoms with E-state index in [1.54, 1.807) is 11.3 Å². The smallest absolute Gasteiger partial charge is 0.260 e. The molecule has 0 spiro atoms. The van der Waals surface area contributed by atoms with E-state index in [1.165, 1.54) is 26.7 Å². The molecule has 3 aromatic rings. The fraction of sp³-hybridized carbons (Fsp3) is 0.250. The van der Waals surface area contributed by atoms with Gasteiger partial charge in [-0.15, -0.1) is 22.7 Å². The first-order valence-corrected chi connectivity index (χ1v) is 9.14. The summed E-state index contributed by atoms with van der Waals surface area (Å²) in [6.45, 7) is 1.99. The van der Waals surface area contributed by atoms with Gasteiger partial charge in [-0.25, -0.2) is 4.98 Å². The van der Waals surface area contributed by atoms with Gasteiger partial charge in [-0.2, -0.15) is 0 Å². The Hall–Kier alpha value is -1.96. The van der Waals surface area contributed by atoms with Gasteiger partial charge in [0.1, 0.15) is 16.3 Å². The van der Waals surface area contributed by atoms with Crippen LogP contribution < -0.4 is 16.4 Å². The van der Waals surface area contributed by atoms with Gasteiger partial charge in [0.2, 0.25) is 0 Å². The Morgan fingerprint density at radius 2 is 2.26 bits per heavy atom. The summed E-state index contributed by atoms with van der Waals surface area (Å²) in [7, 11) is 2.19. The highest BCUT2D eigenvalue weighted by molar-refractivity contribution is 7.21. The minimum absolute atomic E-state index is 0.411. The van der Waals surface area contributed by atoms with Gasteiger partial charge in [0.15, 0.2) is 0 Å². The third kappa shape index (κ3) is 2.23. The predicted octanol–water partition coefficient (Wildman–Crippen LogP) is 1.28. The van der Waals surface area contributed by atoms with Crippen LogP contribution in [0, 0.1) is 0 Å². The molecule has 4 rings (SSSR count). The molecular weight excluding hydrogens is 328 g/mol. The van der Waals surface area contributed by atoms with Crippen LogP contribution >= 0.6 is 22.7 Å². The lowest BCUT2D eigenvalue weighted by atomic mass is 9.96. The Labute approximate surface area is 141 Å². The lowest BCUT2D eigenvalue weighted by Gasteiger charge is -2.24. The molecule has 5 nitrogen and oxygen atoms in total. The average molecular weight is 345 g/mol. The molecule has 1 aliphatic heterocycles. The van der Waals surface area contributed by atoms with Crippen molar-refractivity contribution < 1.29 is 9.69 Å². The molecular formula is C16H17N4OS2+. The minimum atomic E-state index is -0.483. The lowest BCUT2D eigenvalue weighted by Crippen LogP contribution is -3.08.